The van der Waals surface area contributed by atoms with Gasteiger partial charge in [-0.1, -0.05) is 24.3 Å². The normalized spacial score (nSPS) is 12.6. The second-order valence-corrected chi connectivity index (χ2v) is 9.62. The number of sulfonamides is 1. The molecule has 0 fully saturated rings. The zero-order chi connectivity index (χ0) is 22.8. The van der Waals surface area contributed by atoms with Crippen LogP contribution in [-0.2, 0) is 14.8 Å². The van der Waals surface area contributed by atoms with Crippen molar-refractivity contribution in [2.75, 3.05) is 24.7 Å². The number of carbonyl (C=O) groups excluding carboxylic acids is 1. The molecule has 2 aromatic carbocycles. The van der Waals surface area contributed by atoms with Gasteiger partial charge < -0.3 is 10.6 Å². The first-order valence-electron chi connectivity index (χ1n) is 9.83. The molecule has 8 nitrogen and oxygen atoms in total. The van der Waals surface area contributed by atoms with Crippen LogP contribution >= 0.6 is 0 Å². The van der Waals surface area contributed by atoms with E-state index in [4.69, 9.17) is 0 Å². The van der Waals surface area contributed by atoms with Crippen molar-refractivity contribution in [3.63, 3.8) is 0 Å². The van der Waals surface area contributed by atoms with Crippen LogP contribution in [0.4, 0.5) is 11.4 Å². The van der Waals surface area contributed by atoms with Crippen molar-refractivity contribution in [1.29, 1.82) is 0 Å². The van der Waals surface area contributed by atoms with E-state index in [1.165, 1.54) is 26.2 Å². The summed E-state index contributed by atoms with van der Waals surface area (Å²) in [6, 6.07) is 15.4. The number of benzene rings is 2. The molecule has 1 unspecified atom stereocenters. The molecule has 0 aliphatic carbocycles. The molecule has 1 atom stereocenters. The zero-order valence-electron chi connectivity index (χ0n) is 18.2. The van der Waals surface area contributed by atoms with Crippen molar-refractivity contribution in [1.82, 2.24) is 14.1 Å². The zero-order valence-corrected chi connectivity index (χ0v) is 19.1. The average Bonchev–Trinajstić information content (AvgIpc) is 3.02. The Kier molecular flexibility index (Phi) is 6.47. The number of amides is 1. The summed E-state index contributed by atoms with van der Waals surface area (Å²) >= 11 is 0. The fourth-order valence-electron chi connectivity index (χ4n) is 3.15. The van der Waals surface area contributed by atoms with Gasteiger partial charge in [0.25, 0.3) is 0 Å². The minimum atomic E-state index is -3.58. The van der Waals surface area contributed by atoms with Gasteiger partial charge in [-0.3, -0.25) is 4.79 Å². The van der Waals surface area contributed by atoms with Crippen molar-refractivity contribution in [2.45, 2.75) is 31.7 Å². The predicted molar refractivity (Wildman–Crippen MR) is 122 cm³/mol. The van der Waals surface area contributed by atoms with Crippen LogP contribution in [0.15, 0.2) is 59.5 Å². The number of aryl methyl sites for hydroxylation is 1. The van der Waals surface area contributed by atoms with Gasteiger partial charge in [-0.25, -0.2) is 17.4 Å². The summed E-state index contributed by atoms with van der Waals surface area (Å²) in [7, 11) is -0.653. The van der Waals surface area contributed by atoms with Crippen molar-refractivity contribution in [2.24, 2.45) is 0 Å². The molecule has 9 heteroatoms. The molecule has 2 N–H and O–H groups in total. The lowest BCUT2D eigenvalue weighted by atomic mass is 10.2. The van der Waals surface area contributed by atoms with Crippen LogP contribution in [0.3, 0.4) is 0 Å². The lowest BCUT2D eigenvalue weighted by Gasteiger charge is -2.17. The number of hydrogen-bond acceptors (Lipinski definition) is 5. The van der Waals surface area contributed by atoms with Crippen LogP contribution in [0.25, 0.3) is 5.69 Å². The van der Waals surface area contributed by atoms with Crippen molar-refractivity contribution in [3.05, 3.63) is 66.0 Å². The molecular weight excluding hydrogens is 414 g/mol. The van der Waals surface area contributed by atoms with Gasteiger partial charge in [-0.15, -0.1) is 0 Å². The largest absolute Gasteiger partial charge is 0.371 e. The number of nitrogens with one attached hydrogen (secondary N) is 2. The van der Waals surface area contributed by atoms with E-state index in [1.54, 1.807) is 19.1 Å². The highest BCUT2D eigenvalue weighted by Crippen LogP contribution is 2.24. The van der Waals surface area contributed by atoms with Crippen LogP contribution in [0, 0.1) is 13.8 Å². The molecule has 0 aliphatic rings. The van der Waals surface area contributed by atoms with Gasteiger partial charge in [0.2, 0.25) is 15.9 Å². The monoisotopic (exact) mass is 441 g/mol. The topological polar surface area (TPSA) is 96.3 Å². The number of hydrogen-bond donors (Lipinski definition) is 2. The molecule has 31 heavy (non-hydrogen) atoms. The molecular formula is C22H27N5O3S. The van der Waals surface area contributed by atoms with Gasteiger partial charge in [0.15, 0.2) is 0 Å². The second-order valence-electron chi connectivity index (χ2n) is 7.46. The first-order chi connectivity index (χ1) is 14.6. The Morgan fingerprint density at radius 1 is 1.06 bits per heavy atom. The summed E-state index contributed by atoms with van der Waals surface area (Å²) in [5, 5.41) is 10.6. The van der Waals surface area contributed by atoms with E-state index in [9.17, 15) is 13.2 Å². The number of anilines is 2. The average molecular weight is 442 g/mol. The second kappa shape index (κ2) is 8.91. The van der Waals surface area contributed by atoms with E-state index < -0.39 is 16.1 Å². The third-order valence-corrected chi connectivity index (χ3v) is 6.74. The highest BCUT2D eigenvalue weighted by molar-refractivity contribution is 7.89. The molecule has 3 aromatic rings. The molecule has 1 heterocycles. The van der Waals surface area contributed by atoms with Gasteiger partial charge in [-0.2, -0.15) is 5.10 Å². The number of para-hydroxylation sites is 1. The van der Waals surface area contributed by atoms with E-state index >= 15 is 0 Å². The molecule has 0 saturated heterocycles. The molecule has 0 spiro atoms. The molecule has 1 amide bonds. The highest BCUT2D eigenvalue weighted by Gasteiger charge is 2.21. The third kappa shape index (κ3) is 4.78. The molecule has 3 rings (SSSR count). The Labute approximate surface area is 182 Å². The highest BCUT2D eigenvalue weighted by atomic mass is 32.2. The minimum absolute atomic E-state index is 0.117. The Balaban J connectivity index is 1.76. The lowest BCUT2D eigenvalue weighted by Crippen LogP contribution is -2.32. The first-order valence-corrected chi connectivity index (χ1v) is 11.3. The summed E-state index contributed by atoms with van der Waals surface area (Å²) in [6.07, 6.45) is 0. The first kappa shape index (κ1) is 22.5. The minimum Gasteiger partial charge on any atom is -0.371 e. The van der Waals surface area contributed by atoms with Crippen LogP contribution in [0.2, 0.25) is 0 Å². The maximum Gasteiger partial charge on any atom is 0.246 e. The quantitative estimate of drug-likeness (QED) is 0.587. The number of aromatic nitrogens is 2. The molecule has 164 valence electrons. The predicted octanol–water partition coefficient (Wildman–Crippen LogP) is 3.18. The molecule has 0 aliphatic heterocycles. The number of nitrogens with zero attached hydrogens (tertiary/aromatic N) is 3. The van der Waals surface area contributed by atoms with Gasteiger partial charge in [0.1, 0.15) is 6.04 Å². The van der Waals surface area contributed by atoms with Crippen LogP contribution < -0.4 is 10.6 Å². The Hall–Kier alpha value is -3.17. The number of rotatable bonds is 7. The SMILES string of the molecule is Cc1nn(-c2ccccc2)c(C)c1NC(C)C(=O)Nc1cccc(S(=O)(=O)N(C)C)c1. The summed E-state index contributed by atoms with van der Waals surface area (Å²) in [6.45, 7) is 5.57. The van der Waals surface area contributed by atoms with Gasteiger partial charge in [0.05, 0.1) is 27.7 Å². The standard InChI is InChI=1S/C22H27N5O3S/c1-15-21(17(3)27(25-15)19-11-7-6-8-12-19)23-16(2)22(28)24-18-10-9-13-20(14-18)31(29,30)26(4)5/h6-14,16,23H,1-5H3,(H,24,28). The van der Waals surface area contributed by atoms with Crippen LogP contribution in [0.5, 0.6) is 0 Å². The molecule has 0 bridgehead atoms. The van der Waals surface area contributed by atoms with Crippen molar-refractivity contribution < 1.29 is 13.2 Å². The summed E-state index contributed by atoms with van der Waals surface area (Å²) in [5.74, 6) is -0.286. The van der Waals surface area contributed by atoms with Gasteiger partial charge in [0, 0.05) is 19.8 Å². The Morgan fingerprint density at radius 2 is 1.74 bits per heavy atom. The molecule has 0 saturated carbocycles. The van der Waals surface area contributed by atoms with Crippen molar-refractivity contribution >= 4 is 27.3 Å². The van der Waals surface area contributed by atoms with E-state index in [1.807, 2.05) is 48.9 Å². The fraction of sp³-hybridized carbons (Fsp3) is 0.273. The van der Waals surface area contributed by atoms with E-state index in [-0.39, 0.29) is 10.8 Å². The Morgan fingerprint density at radius 3 is 2.39 bits per heavy atom. The van der Waals surface area contributed by atoms with Crippen LogP contribution in [0.1, 0.15) is 18.3 Å². The van der Waals surface area contributed by atoms with E-state index in [0.29, 0.717) is 5.69 Å². The van der Waals surface area contributed by atoms with E-state index in [2.05, 4.69) is 15.7 Å². The maximum absolute atomic E-state index is 12.8. The summed E-state index contributed by atoms with van der Waals surface area (Å²) < 4.78 is 27.6. The Bertz CT molecular complexity index is 1190. The maximum atomic E-state index is 12.8. The smallest absolute Gasteiger partial charge is 0.246 e. The van der Waals surface area contributed by atoms with Gasteiger partial charge >= 0.3 is 0 Å². The number of carbonyl (C=O) groups is 1. The van der Waals surface area contributed by atoms with E-state index in [0.717, 1.165) is 27.1 Å². The fourth-order valence-corrected chi connectivity index (χ4v) is 4.10. The van der Waals surface area contributed by atoms with Crippen molar-refractivity contribution in [3.8, 4) is 5.69 Å². The van der Waals surface area contributed by atoms with Gasteiger partial charge in [-0.05, 0) is 51.1 Å². The van der Waals surface area contributed by atoms with Crippen LogP contribution in [-0.4, -0.2) is 48.5 Å². The molecule has 1 aromatic heterocycles. The summed E-state index contributed by atoms with van der Waals surface area (Å²) in [4.78, 5) is 12.9. The third-order valence-electron chi connectivity index (χ3n) is 4.93. The lowest BCUT2D eigenvalue weighted by molar-refractivity contribution is -0.116. The summed E-state index contributed by atoms with van der Waals surface area (Å²) in [5.41, 5.74) is 3.81. The molecule has 0 radical (unpaired) electrons.